The minimum atomic E-state index is -0.709. The van der Waals surface area contributed by atoms with E-state index in [9.17, 15) is 14.3 Å². The summed E-state index contributed by atoms with van der Waals surface area (Å²) in [5.74, 6) is -1.23. The number of hydrogen-bond donors (Lipinski definition) is 2. The van der Waals surface area contributed by atoms with E-state index in [-0.39, 0.29) is 18.0 Å². The van der Waals surface area contributed by atoms with Crippen LogP contribution < -0.4 is 0 Å². The van der Waals surface area contributed by atoms with E-state index in [1.807, 2.05) is 26.2 Å². The topological polar surface area (TPSA) is 59.6 Å². The molecule has 1 unspecified atom stereocenters. The maximum atomic E-state index is 14.9. The van der Waals surface area contributed by atoms with Gasteiger partial charge in [0.15, 0.2) is 11.6 Å². The molecule has 3 aromatic rings. The first-order valence-electron chi connectivity index (χ1n) is 9.08. The molecular weight excluding hydrogens is 381 g/mol. The average molecular weight is 402 g/mol. The van der Waals surface area contributed by atoms with Crippen molar-refractivity contribution in [3.8, 4) is 5.75 Å². The van der Waals surface area contributed by atoms with Crippen molar-refractivity contribution in [2.24, 2.45) is 0 Å². The number of nitrogens with one attached hydrogen (secondary N) is 1. The van der Waals surface area contributed by atoms with Crippen LogP contribution in [0, 0.1) is 5.82 Å². The first-order valence-corrected chi connectivity index (χ1v) is 9.46. The predicted octanol–water partition coefficient (Wildman–Crippen LogP) is 3.70. The number of carbonyl (C=O) groups excluding carboxylic acids is 1. The number of amides is 1. The van der Waals surface area contributed by atoms with E-state index < -0.39 is 17.6 Å². The SMILES string of the molecule is CN(C)CC(=O)N1CCc2c([nH]c3ccc(Cl)cc23)C1c1cccc(O)c1F. The molecule has 0 spiro atoms. The number of aromatic amines is 1. The van der Waals surface area contributed by atoms with Gasteiger partial charge in [0.1, 0.15) is 6.04 Å². The number of fused-ring (bicyclic) bond motifs is 3. The zero-order valence-electron chi connectivity index (χ0n) is 15.7. The molecule has 1 atom stereocenters. The van der Waals surface area contributed by atoms with Crippen LogP contribution in [0.2, 0.25) is 5.02 Å². The number of halogens is 2. The molecule has 2 heterocycles. The number of carbonyl (C=O) groups is 1. The van der Waals surface area contributed by atoms with Crippen LogP contribution in [-0.2, 0) is 11.2 Å². The first-order chi connectivity index (χ1) is 13.4. The molecular formula is C21H21ClFN3O2. The summed E-state index contributed by atoms with van der Waals surface area (Å²) >= 11 is 6.18. The highest BCUT2D eigenvalue weighted by molar-refractivity contribution is 6.31. The molecule has 1 aliphatic heterocycles. The maximum absolute atomic E-state index is 14.9. The van der Waals surface area contributed by atoms with Crippen molar-refractivity contribution >= 4 is 28.4 Å². The fraction of sp³-hybridized carbons (Fsp3) is 0.286. The Balaban J connectivity index is 1.91. The van der Waals surface area contributed by atoms with E-state index in [1.165, 1.54) is 6.07 Å². The second-order valence-corrected chi connectivity index (χ2v) is 7.80. The maximum Gasteiger partial charge on any atom is 0.237 e. The highest BCUT2D eigenvalue weighted by atomic mass is 35.5. The highest BCUT2D eigenvalue weighted by Gasteiger charge is 2.36. The number of likely N-dealkylation sites (N-methyl/N-ethyl adjacent to an activating group) is 1. The van der Waals surface area contributed by atoms with Crippen LogP contribution in [0.5, 0.6) is 5.75 Å². The zero-order chi connectivity index (χ0) is 20.0. The van der Waals surface area contributed by atoms with Crippen molar-refractivity contribution in [1.82, 2.24) is 14.8 Å². The summed E-state index contributed by atoms with van der Waals surface area (Å²) in [6.45, 7) is 0.678. The van der Waals surface area contributed by atoms with Crippen molar-refractivity contribution in [2.75, 3.05) is 27.2 Å². The van der Waals surface area contributed by atoms with Crippen LogP contribution in [0.4, 0.5) is 4.39 Å². The molecule has 0 bridgehead atoms. The molecule has 7 heteroatoms. The van der Waals surface area contributed by atoms with Crippen molar-refractivity contribution < 1.29 is 14.3 Å². The second kappa shape index (κ2) is 7.11. The average Bonchev–Trinajstić information content (AvgIpc) is 3.01. The summed E-state index contributed by atoms with van der Waals surface area (Å²) in [5, 5.41) is 11.5. The second-order valence-electron chi connectivity index (χ2n) is 7.36. The van der Waals surface area contributed by atoms with Crippen LogP contribution in [-0.4, -0.2) is 53.0 Å². The van der Waals surface area contributed by atoms with E-state index in [2.05, 4.69) is 4.98 Å². The number of aromatic hydroxyl groups is 1. The molecule has 0 radical (unpaired) electrons. The van der Waals surface area contributed by atoms with Crippen molar-refractivity contribution in [2.45, 2.75) is 12.5 Å². The third-order valence-electron chi connectivity index (χ3n) is 5.16. The highest BCUT2D eigenvalue weighted by Crippen LogP contribution is 2.41. The zero-order valence-corrected chi connectivity index (χ0v) is 16.4. The van der Waals surface area contributed by atoms with Gasteiger partial charge in [-0.1, -0.05) is 23.7 Å². The quantitative estimate of drug-likeness (QED) is 0.703. The monoisotopic (exact) mass is 401 g/mol. The predicted molar refractivity (Wildman–Crippen MR) is 107 cm³/mol. The molecule has 0 saturated carbocycles. The third-order valence-corrected chi connectivity index (χ3v) is 5.40. The number of benzene rings is 2. The van der Waals surface area contributed by atoms with Gasteiger partial charge in [0, 0.05) is 33.7 Å². The molecule has 2 N–H and O–H groups in total. The van der Waals surface area contributed by atoms with Crippen molar-refractivity contribution in [1.29, 1.82) is 0 Å². The Morgan fingerprint density at radius 3 is 2.89 bits per heavy atom. The van der Waals surface area contributed by atoms with Crippen LogP contribution in [0.15, 0.2) is 36.4 Å². The number of rotatable bonds is 3. The van der Waals surface area contributed by atoms with Crippen molar-refractivity contribution in [3.63, 3.8) is 0 Å². The van der Waals surface area contributed by atoms with Gasteiger partial charge in [0.2, 0.25) is 5.91 Å². The summed E-state index contributed by atoms with van der Waals surface area (Å²) in [6.07, 6.45) is 0.645. The number of H-pyrrole nitrogens is 1. The first kappa shape index (κ1) is 18.8. The normalized spacial score (nSPS) is 16.6. The number of phenols is 1. The Kier molecular flexibility index (Phi) is 4.77. The lowest BCUT2D eigenvalue weighted by Crippen LogP contribution is -2.44. The van der Waals surface area contributed by atoms with Crippen LogP contribution in [0.3, 0.4) is 0 Å². The van der Waals surface area contributed by atoms with E-state index in [0.717, 1.165) is 22.2 Å². The van der Waals surface area contributed by atoms with Crippen molar-refractivity contribution in [3.05, 3.63) is 64.1 Å². The van der Waals surface area contributed by atoms with Gasteiger partial charge in [-0.3, -0.25) is 4.79 Å². The Hall–Kier alpha value is -2.57. The lowest BCUT2D eigenvalue weighted by Gasteiger charge is -2.37. The lowest BCUT2D eigenvalue weighted by molar-refractivity contribution is -0.134. The number of nitrogens with zero attached hydrogens (tertiary/aromatic N) is 2. The minimum Gasteiger partial charge on any atom is -0.505 e. The summed E-state index contributed by atoms with van der Waals surface area (Å²) in [6, 6.07) is 9.44. The molecule has 5 nitrogen and oxygen atoms in total. The van der Waals surface area contributed by atoms with Gasteiger partial charge in [-0.2, -0.15) is 0 Å². The van der Waals surface area contributed by atoms with Gasteiger partial charge in [-0.15, -0.1) is 0 Å². The van der Waals surface area contributed by atoms with Crippen LogP contribution in [0.25, 0.3) is 10.9 Å². The fourth-order valence-corrected chi connectivity index (χ4v) is 4.13. The number of hydrogen-bond acceptors (Lipinski definition) is 3. The third kappa shape index (κ3) is 3.12. The smallest absolute Gasteiger partial charge is 0.237 e. The Bertz CT molecular complexity index is 1060. The molecule has 2 aromatic carbocycles. The molecule has 28 heavy (non-hydrogen) atoms. The largest absolute Gasteiger partial charge is 0.505 e. The van der Waals surface area contributed by atoms with E-state index in [4.69, 9.17) is 11.6 Å². The molecule has 0 saturated heterocycles. The Morgan fingerprint density at radius 1 is 1.36 bits per heavy atom. The van der Waals surface area contributed by atoms with Gasteiger partial charge in [-0.25, -0.2) is 4.39 Å². The minimum absolute atomic E-state index is 0.0971. The summed E-state index contributed by atoms with van der Waals surface area (Å²) in [7, 11) is 3.64. The van der Waals surface area contributed by atoms with Gasteiger partial charge in [-0.05, 0) is 50.3 Å². The van der Waals surface area contributed by atoms with Crippen LogP contribution in [0.1, 0.15) is 22.9 Å². The summed E-state index contributed by atoms with van der Waals surface area (Å²) in [4.78, 5) is 19.8. The van der Waals surface area contributed by atoms with E-state index in [0.29, 0.717) is 18.0 Å². The molecule has 1 aliphatic rings. The summed E-state index contributed by atoms with van der Waals surface area (Å²) in [5.41, 5.74) is 2.95. The standard InChI is InChI=1S/C21H21ClFN3O2/c1-25(2)11-18(28)26-9-8-13-15-10-12(22)6-7-16(15)24-20(13)21(26)14-4-3-5-17(27)19(14)23/h3-7,10,21,24,27H,8-9,11H2,1-2H3. The van der Waals surface area contributed by atoms with Crippen LogP contribution >= 0.6 is 11.6 Å². The van der Waals surface area contributed by atoms with Gasteiger partial charge >= 0.3 is 0 Å². The van der Waals surface area contributed by atoms with Gasteiger partial charge < -0.3 is 19.9 Å². The molecule has 0 aliphatic carbocycles. The number of aromatic nitrogens is 1. The molecule has 4 rings (SSSR count). The lowest BCUT2D eigenvalue weighted by atomic mass is 9.91. The molecule has 1 aromatic heterocycles. The van der Waals surface area contributed by atoms with Gasteiger partial charge in [0.05, 0.1) is 6.54 Å². The molecule has 146 valence electrons. The Labute approximate surface area is 167 Å². The Morgan fingerprint density at radius 2 is 2.14 bits per heavy atom. The fourth-order valence-electron chi connectivity index (χ4n) is 3.96. The number of phenolic OH excluding ortho intramolecular Hbond substituents is 1. The molecule has 1 amide bonds. The van der Waals surface area contributed by atoms with E-state index >= 15 is 0 Å². The van der Waals surface area contributed by atoms with Gasteiger partial charge in [0.25, 0.3) is 0 Å². The molecule has 0 fully saturated rings. The van der Waals surface area contributed by atoms with E-state index in [1.54, 1.807) is 28.0 Å². The summed E-state index contributed by atoms with van der Waals surface area (Å²) < 4.78 is 14.9.